The van der Waals surface area contributed by atoms with E-state index in [1.807, 2.05) is 43.5 Å². The number of thiophene rings is 1. The van der Waals surface area contributed by atoms with Gasteiger partial charge in [-0.1, -0.05) is 12.1 Å². The van der Waals surface area contributed by atoms with Crippen molar-refractivity contribution in [3.63, 3.8) is 0 Å². The number of hydrogen-bond acceptors (Lipinski definition) is 3. The van der Waals surface area contributed by atoms with Gasteiger partial charge in [0, 0.05) is 16.6 Å². The van der Waals surface area contributed by atoms with Crippen LogP contribution in [0.2, 0.25) is 0 Å². The summed E-state index contributed by atoms with van der Waals surface area (Å²) in [5.41, 5.74) is 3.16. The third kappa shape index (κ3) is 5.13. The zero-order chi connectivity index (χ0) is 15.2. The van der Waals surface area contributed by atoms with Crippen LogP contribution in [0.5, 0.6) is 0 Å². The van der Waals surface area contributed by atoms with Gasteiger partial charge < -0.3 is 5.32 Å². The summed E-state index contributed by atoms with van der Waals surface area (Å²) >= 11 is 6.71. The number of thiocarbonyl (C=S) groups is 1. The minimum atomic E-state index is -0.245. The van der Waals surface area contributed by atoms with Gasteiger partial charge in [-0.05, 0) is 66.8 Å². The summed E-state index contributed by atoms with van der Waals surface area (Å²) in [6, 6.07) is 9.92. The molecule has 1 amide bonds. The van der Waals surface area contributed by atoms with Crippen LogP contribution in [0, 0.1) is 13.8 Å². The first kappa shape index (κ1) is 15.4. The first-order valence-corrected chi connectivity index (χ1v) is 7.73. The number of hydrogen-bond donors (Lipinski definition) is 2. The number of carbonyl (C=O) groups excluding carboxylic acids is 1. The van der Waals surface area contributed by atoms with Gasteiger partial charge in [0.1, 0.15) is 0 Å². The molecule has 0 fully saturated rings. The van der Waals surface area contributed by atoms with Crippen LogP contribution in [-0.2, 0) is 4.79 Å². The van der Waals surface area contributed by atoms with Gasteiger partial charge in [0.2, 0.25) is 5.91 Å². The minimum Gasteiger partial charge on any atom is -0.332 e. The van der Waals surface area contributed by atoms with Crippen molar-refractivity contribution in [2.75, 3.05) is 5.32 Å². The summed E-state index contributed by atoms with van der Waals surface area (Å²) in [5, 5.41) is 7.90. The van der Waals surface area contributed by atoms with Crippen molar-refractivity contribution in [1.82, 2.24) is 5.32 Å². The molecule has 0 bridgehead atoms. The molecular weight excluding hydrogens is 300 g/mol. The van der Waals surface area contributed by atoms with Gasteiger partial charge in [-0.3, -0.25) is 10.1 Å². The molecule has 2 rings (SSSR count). The highest BCUT2D eigenvalue weighted by molar-refractivity contribution is 7.80. The Bertz CT molecular complexity index is 655. The van der Waals surface area contributed by atoms with Gasteiger partial charge in [-0.25, -0.2) is 0 Å². The van der Waals surface area contributed by atoms with E-state index in [4.69, 9.17) is 12.2 Å². The molecule has 2 N–H and O–H groups in total. The third-order valence-electron chi connectivity index (χ3n) is 2.66. The van der Waals surface area contributed by atoms with Crippen molar-refractivity contribution in [2.45, 2.75) is 13.8 Å². The number of rotatable bonds is 3. The molecule has 108 valence electrons. The van der Waals surface area contributed by atoms with Crippen LogP contribution in [0.1, 0.15) is 16.0 Å². The van der Waals surface area contributed by atoms with E-state index in [2.05, 4.69) is 16.7 Å². The lowest BCUT2D eigenvalue weighted by Crippen LogP contribution is -2.32. The van der Waals surface area contributed by atoms with E-state index in [9.17, 15) is 4.79 Å². The van der Waals surface area contributed by atoms with E-state index >= 15 is 0 Å². The SMILES string of the molecule is Cc1cc(C)cc(NC(=S)NC(=O)C=Cc2cccs2)c1. The summed E-state index contributed by atoms with van der Waals surface area (Å²) in [6.07, 6.45) is 3.24. The number of amides is 1. The Morgan fingerprint density at radius 2 is 1.95 bits per heavy atom. The average Bonchev–Trinajstić information content (AvgIpc) is 2.87. The smallest absolute Gasteiger partial charge is 0.250 e. The Balaban J connectivity index is 1.90. The molecule has 0 unspecified atom stereocenters. The third-order valence-corrected chi connectivity index (χ3v) is 3.70. The van der Waals surface area contributed by atoms with E-state index in [0.717, 1.165) is 21.7 Å². The number of benzene rings is 1. The van der Waals surface area contributed by atoms with Crippen molar-refractivity contribution in [3.05, 3.63) is 57.8 Å². The Morgan fingerprint density at radius 1 is 1.24 bits per heavy atom. The standard InChI is InChI=1S/C16H16N2OS2/c1-11-8-12(2)10-13(9-11)17-16(20)18-15(19)6-5-14-4-3-7-21-14/h3-10H,1-2H3,(H2,17,18,19,20). The second kappa shape index (κ2) is 7.15. The van der Waals surface area contributed by atoms with Crippen molar-refractivity contribution < 1.29 is 4.79 Å². The normalized spacial score (nSPS) is 10.6. The molecule has 1 heterocycles. The lowest BCUT2D eigenvalue weighted by atomic mass is 10.1. The molecular formula is C16H16N2OS2. The molecule has 0 aliphatic heterocycles. The predicted octanol–water partition coefficient (Wildman–Crippen LogP) is 3.89. The average molecular weight is 316 g/mol. The van der Waals surface area contributed by atoms with Gasteiger partial charge in [-0.15, -0.1) is 11.3 Å². The maximum Gasteiger partial charge on any atom is 0.250 e. The van der Waals surface area contributed by atoms with E-state index in [1.165, 1.54) is 6.08 Å². The van der Waals surface area contributed by atoms with Gasteiger partial charge in [0.15, 0.2) is 5.11 Å². The molecule has 5 heteroatoms. The molecule has 0 aliphatic carbocycles. The highest BCUT2D eigenvalue weighted by Gasteiger charge is 2.02. The fourth-order valence-electron chi connectivity index (χ4n) is 1.91. The maximum atomic E-state index is 11.8. The molecule has 1 aromatic heterocycles. The van der Waals surface area contributed by atoms with Crippen LogP contribution in [-0.4, -0.2) is 11.0 Å². The van der Waals surface area contributed by atoms with Crippen LogP contribution in [0.3, 0.4) is 0 Å². The topological polar surface area (TPSA) is 41.1 Å². The lowest BCUT2D eigenvalue weighted by Gasteiger charge is -2.09. The second-order valence-corrected chi connectivity index (χ2v) is 6.06. The lowest BCUT2D eigenvalue weighted by molar-refractivity contribution is -0.115. The van der Waals surface area contributed by atoms with E-state index in [-0.39, 0.29) is 5.91 Å². The van der Waals surface area contributed by atoms with Crippen LogP contribution in [0.4, 0.5) is 5.69 Å². The van der Waals surface area contributed by atoms with Gasteiger partial charge in [0.05, 0.1) is 0 Å². The van der Waals surface area contributed by atoms with Gasteiger partial charge in [-0.2, -0.15) is 0 Å². The van der Waals surface area contributed by atoms with Gasteiger partial charge >= 0.3 is 0 Å². The summed E-state index contributed by atoms with van der Waals surface area (Å²) in [4.78, 5) is 12.8. The largest absolute Gasteiger partial charge is 0.332 e. The van der Waals surface area contributed by atoms with E-state index < -0.39 is 0 Å². The molecule has 3 nitrogen and oxygen atoms in total. The molecule has 0 saturated carbocycles. The van der Waals surface area contributed by atoms with Crippen molar-refractivity contribution in [3.8, 4) is 0 Å². The fourth-order valence-corrected chi connectivity index (χ4v) is 2.74. The molecule has 0 aliphatic rings. The predicted molar refractivity (Wildman–Crippen MR) is 93.6 cm³/mol. The number of aryl methyl sites for hydroxylation is 2. The quantitative estimate of drug-likeness (QED) is 0.667. The molecule has 0 atom stereocenters. The number of anilines is 1. The van der Waals surface area contributed by atoms with Crippen LogP contribution >= 0.6 is 23.6 Å². The Morgan fingerprint density at radius 3 is 2.57 bits per heavy atom. The van der Waals surface area contributed by atoms with Crippen molar-refractivity contribution >= 4 is 46.3 Å². The van der Waals surface area contributed by atoms with Crippen LogP contribution in [0.25, 0.3) is 6.08 Å². The van der Waals surface area contributed by atoms with Crippen LogP contribution < -0.4 is 10.6 Å². The highest BCUT2D eigenvalue weighted by Crippen LogP contribution is 2.13. The molecule has 0 saturated heterocycles. The Labute approximate surface area is 133 Å². The minimum absolute atomic E-state index is 0.245. The highest BCUT2D eigenvalue weighted by atomic mass is 32.1. The van der Waals surface area contributed by atoms with Crippen molar-refractivity contribution in [2.24, 2.45) is 0 Å². The van der Waals surface area contributed by atoms with E-state index in [1.54, 1.807) is 17.4 Å². The maximum absolute atomic E-state index is 11.8. The first-order chi connectivity index (χ1) is 10.0. The number of nitrogens with one attached hydrogen (secondary N) is 2. The molecule has 21 heavy (non-hydrogen) atoms. The monoisotopic (exact) mass is 316 g/mol. The summed E-state index contributed by atoms with van der Waals surface area (Å²) in [7, 11) is 0. The molecule has 2 aromatic rings. The number of carbonyl (C=O) groups is 1. The van der Waals surface area contributed by atoms with E-state index in [0.29, 0.717) is 5.11 Å². The Hall–Kier alpha value is -1.98. The molecule has 0 spiro atoms. The van der Waals surface area contributed by atoms with Crippen molar-refractivity contribution in [1.29, 1.82) is 0 Å². The zero-order valence-corrected chi connectivity index (χ0v) is 13.5. The van der Waals surface area contributed by atoms with Gasteiger partial charge in [0.25, 0.3) is 0 Å². The summed E-state index contributed by atoms with van der Waals surface area (Å²) < 4.78 is 0. The zero-order valence-electron chi connectivity index (χ0n) is 11.8. The first-order valence-electron chi connectivity index (χ1n) is 6.45. The summed E-state index contributed by atoms with van der Waals surface area (Å²) in [5.74, 6) is -0.245. The Kier molecular flexibility index (Phi) is 5.25. The second-order valence-electron chi connectivity index (χ2n) is 4.67. The van der Waals surface area contributed by atoms with Crippen LogP contribution in [0.15, 0.2) is 41.8 Å². The molecule has 1 aromatic carbocycles. The summed E-state index contributed by atoms with van der Waals surface area (Å²) in [6.45, 7) is 4.03. The molecule has 0 radical (unpaired) electrons. The fraction of sp³-hybridized carbons (Fsp3) is 0.125.